The Kier molecular flexibility index (Phi) is 4.76. The molecule has 0 saturated heterocycles. The zero-order valence-corrected chi connectivity index (χ0v) is 11.9. The minimum absolute atomic E-state index is 0.0690. The number of anilines is 1. The van der Waals surface area contributed by atoms with Crippen molar-refractivity contribution in [2.75, 3.05) is 25.0 Å². The van der Waals surface area contributed by atoms with E-state index in [4.69, 9.17) is 0 Å². The SMILES string of the molecule is CN(CCCNC(=O)c1cnn(C)c1)c1ccccc1. The van der Waals surface area contributed by atoms with E-state index in [0.29, 0.717) is 12.1 Å². The number of rotatable bonds is 6. The predicted octanol–water partition coefficient (Wildman–Crippen LogP) is 1.68. The Hall–Kier alpha value is -2.30. The van der Waals surface area contributed by atoms with Crippen LogP contribution < -0.4 is 10.2 Å². The minimum atomic E-state index is -0.0690. The molecule has 2 aromatic rings. The van der Waals surface area contributed by atoms with Crippen LogP contribution in [-0.4, -0.2) is 35.8 Å². The van der Waals surface area contributed by atoms with Crippen LogP contribution >= 0.6 is 0 Å². The van der Waals surface area contributed by atoms with Gasteiger partial charge in [0.25, 0.3) is 5.91 Å². The molecule has 1 amide bonds. The highest BCUT2D eigenvalue weighted by Gasteiger charge is 2.06. The standard InChI is InChI=1S/C15H20N4O/c1-18(14-7-4-3-5-8-14)10-6-9-16-15(20)13-11-17-19(2)12-13/h3-5,7-8,11-12H,6,9-10H2,1-2H3,(H,16,20). The number of hydrogen-bond acceptors (Lipinski definition) is 3. The lowest BCUT2D eigenvalue weighted by Crippen LogP contribution is -2.28. The average molecular weight is 272 g/mol. The van der Waals surface area contributed by atoms with Crippen LogP contribution in [0.5, 0.6) is 0 Å². The highest BCUT2D eigenvalue weighted by molar-refractivity contribution is 5.93. The molecule has 2 rings (SSSR count). The lowest BCUT2D eigenvalue weighted by Gasteiger charge is -2.19. The van der Waals surface area contributed by atoms with Gasteiger partial charge >= 0.3 is 0 Å². The van der Waals surface area contributed by atoms with Crippen molar-refractivity contribution in [2.24, 2.45) is 7.05 Å². The Balaban J connectivity index is 1.70. The number of nitrogens with zero attached hydrogens (tertiary/aromatic N) is 3. The molecule has 5 heteroatoms. The third-order valence-electron chi connectivity index (χ3n) is 3.12. The second kappa shape index (κ2) is 6.75. The van der Waals surface area contributed by atoms with Gasteiger partial charge in [-0.3, -0.25) is 9.48 Å². The third kappa shape index (κ3) is 3.85. The van der Waals surface area contributed by atoms with Crippen molar-refractivity contribution in [2.45, 2.75) is 6.42 Å². The van der Waals surface area contributed by atoms with Crippen LogP contribution in [-0.2, 0) is 7.05 Å². The summed E-state index contributed by atoms with van der Waals surface area (Å²) < 4.78 is 1.62. The minimum Gasteiger partial charge on any atom is -0.375 e. The molecule has 0 saturated carbocycles. The van der Waals surface area contributed by atoms with Crippen LogP contribution in [0.4, 0.5) is 5.69 Å². The van der Waals surface area contributed by atoms with Crippen molar-refractivity contribution < 1.29 is 4.79 Å². The first-order valence-electron chi connectivity index (χ1n) is 6.70. The summed E-state index contributed by atoms with van der Waals surface area (Å²) in [6, 6.07) is 10.2. The van der Waals surface area contributed by atoms with Gasteiger partial charge in [-0.05, 0) is 18.6 Å². The molecule has 1 heterocycles. The van der Waals surface area contributed by atoms with Gasteiger partial charge in [0.2, 0.25) is 0 Å². The van der Waals surface area contributed by atoms with Gasteiger partial charge in [-0.2, -0.15) is 5.10 Å². The number of benzene rings is 1. The fourth-order valence-electron chi connectivity index (χ4n) is 1.97. The fraction of sp³-hybridized carbons (Fsp3) is 0.333. The summed E-state index contributed by atoms with van der Waals surface area (Å²) in [6.45, 7) is 1.56. The van der Waals surface area contributed by atoms with E-state index in [2.05, 4.69) is 34.5 Å². The quantitative estimate of drug-likeness (QED) is 0.814. The lowest BCUT2D eigenvalue weighted by atomic mass is 10.3. The summed E-state index contributed by atoms with van der Waals surface area (Å²) in [7, 11) is 3.85. The molecule has 1 N–H and O–H groups in total. The molecule has 1 aromatic heterocycles. The first-order chi connectivity index (χ1) is 9.66. The molecule has 0 radical (unpaired) electrons. The molecule has 5 nitrogen and oxygen atoms in total. The van der Waals surface area contributed by atoms with Crippen LogP contribution in [0.1, 0.15) is 16.8 Å². The maximum absolute atomic E-state index is 11.8. The van der Waals surface area contributed by atoms with E-state index in [1.54, 1.807) is 24.1 Å². The maximum Gasteiger partial charge on any atom is 0.254 e. The van der Waals surface area contributed by atoms with E-state index in [9.17, 15) is 4.79 Å². The van der Waals surface area contributed by atoms with Crippen LogP contribution in [0.2, 0.25) is 0 Å². The Bertz CT molecular complexity index is 550. The van der Waals surface area contributed by atoms with Gasteiger partial charge in [-0.15, -0.1) is 0 Å². The van der Waals surface area contributed by atoms with Crippen molar-refractivity contribution in [3.05, 3.63) is 48.3 Å². The van der Waals surface area contributed by atoms with Crippen LogP contribution in [0.15, 0.2) is 42.7 Å². The van der Waals surface area contributed by atoms with Gasteiger partial charge < -0.3 is 10.2 Å². The van der Waals surface area contributed by atoms with E-state index in [0.717, 1.165) is 13.0 Å². The Morgan fingerprint density at radius 2 is 2.10 bits per heavy atom. The molecular formula is C15H20N4O. The summed E-state index contributed by atoms with van der Waals surface area (Å²) in [5, 5.41) is 6.88. The van der Waals surface area contributed by atoms with Crippen LogP contribution in [0.3, 0.4) is 0 Å². The van der Waals surface area contributed by atoms with Crippen molar-refractivity contribution >= 4 is 11.6 Å². The number of aromatic nitrogens is 2. The molecule has 0 spiro atoms. The van der Waals surface area contributed by atoms with E-state index < -0.39 is 0 Å². The first kappa shape index (κ1) is 14.1. The summed E-state index contributed by atoms with van der Waals surface area (Å²) >= 11 is 0. The first-order valence-corrected chi connectivity index (χ1v) is 6.70. The summed E-state index contributed by atoms with van der Waals surface area (Å²) in [6.07, 6.45) is 4.19. The molecule has 106 valence electrons. The van der Waals surface area contributed by atoms with E-state index >= 15 is 0 Å². The van der Waals surface area contributed by atoms with Crippen molar-refractivity contribution in [3.8, 4) is 0 Å². The summed E-state index contributed by atoms with van der Waals surface area (Å²) in [5.41, 5.74) is 1.79. The number of hydrogen-bond donors (Lipinski definition) is 1. The molecule has 1 aromatic carbocycles. The highest BCUT2D eigenvalue weighted by atomic mass is 16.1. The largest absolute Gasteiger partial charge is 0.375 e. The number of aryl methyl sites for hydroxylation is 1. The topological polar surface area (TPSA) is 50.2 Å². The van der Waals surface area contributed by atoms with E-state index in [1.807, 2.05) is 18.2 Å². The Morgan fingerprint density at radius 1 is 1.35 bits per heavy atom. The van der Waals surface area contributed by atoms with E-state index in [1.165, 1.54) is 5.69 Å². The Labute approximate surface area is 119 Å². The Morgan fingerprint density at radius 3 is 2.75 bits per heavy atom. The zero-order chi connectivity index (χ0) is 14.4. The van der Waals surface area contributed by atoms with E-state index in [-0.39, 0.29) is 5.91 Å². The molecule has 0 aliphatic heterocycles. The smallest absolute Gasteiger partial charge is 0.254 e. The number of para-hydroxylation sites is 1. The monoisotopic (exact) mass is 272 g/mol. The number of amides is 1. The number of carbonyl (C=O) groups is 1. The molecule has 0 fully saturated rings. The zero-order valence-electron chi connectivity index (χ0n) is 11.9. The van der Waals surface area contributed by atoms with Crippen molar-refractivity contribution in [3.63, 3.8) is 0 Å². The third-order valence-corrected chi connectivity index (χ3v) is 3.12. The normalized spacial score (nSPS) is 10.3. The highest BCUT2D eigenvalue weighted by Crippen LogP contribution is 2.10. The molecule has 0 aliphatic rings. The maximum atomic E-state index is 11.8. The second-order valence-corrected chi connectivity index (χ2v) is 4.77. The number of carbonyl (C=O) groups excluding carboxylic acids is 1. The predicted molar refractivity (Wildman–Crippen MR) is 79.9 cm³/mol. The van der Waals surface area contributed by atoms with Gasteiger partial charge in [0.05, 0.1) is 11.8 Å². The molecule has 0 atom stereocenters. The lowest BCUT2D eigenvalue weighted by molar-refractivity contribution is 0.0953. The molecule has 0 unspecified atom stereocenters. The molecular weight excluding hydrogens is 252 g/mol. The van der Waals surface area contributed by atoms with Gasteiger partial charge in [0.1, 0.15) is 0 Å². The molecule has 0 bridgehead atoms. The average Bonchev–Trinajstić information content (AvgIpc) is 2.91. The van der Waals surface area contributed by atoms with Gasteiger partial charge in [-0.25, -0.2) is 0 Å². The van der Waals surface area contributed by atoms with Gasteiger partial charge in [-0.1, -0.05) is 18.2 Å². The summed E-state index contributed by atoms with van der Waals surface area (Å²) in [4.78, 5) is 14.0. The van der Waals surface area contributed by atoms with Crippen molar-refractivity contribution in [1.82, 2.24) is 15.1 Å². The van der Waals surface area contributed by atoms with Crippen molar-refractivity contribution in [1.29, 1.82) is 0 Å². The van der Waals surface area contributed by atoms with Gasteiger partial charge in [0, 0.05) is 39.1 Å². The fourth-order valence-corrected chi connectivity index (χ4v) is 1.97. The summed E-state index contributed by atoms with van der Waals surface area (Å²) in [5.74, 6) is -0.0690. The van der Waals surface area contributed by atoms with Crippen LogP contribution in [0, 0.1) is 0 Å². The van der Waals surface area contributed by atoms with Gasteiger partial charge in [0.15, 0.2) is 0 Å². The molecule has 0 aliphatic carbocycles. The second-order valence-electron chi connectivity index (χ2n) is 4.77. The number of nitrogens with one attached hydrogen (secondary N) is 1. The van der Waals surface area contributed by atoms with Crippen LogP contribution in [0.25, 0.3) is 0 Å². The molecule has 20 heavy (non-hydrogen) atoms.